The van der Waals surface area contributed by atoms with E-state index in [4.69, 9.17) is 16.3 Å². The van der Waals surface area contributed by atoms with E-state index in [-0.39, 0.29) is 18.0 Å². The van der Waals surface area contributed by atoms with Crippen molar-refractivity contribution in [1.29, 1.82) is 0 Å². The maximum atomic E-state index is 12.2. The molecule has 2 aromatic carbocycles. The molecule has 2 N–H and O–H groups in total. The Kier molecular flexibility index (Phi) is 5.73. The highest BCUT2D eigenvalue weighted by Crippen LogP contribution is 2.16. The second-order valence-electron chi connectivity index (χ2n) is 6.12. The Morgan fingerprint density at radius 1 is 1.26 bits per heavy atom. The van der Waals surface area contributed by atoms with Crippen molar-refractivity contribution in [2.75, 3.05) is 26.0 Å². The molecule has 0 radical (unpaired) electrons. The summed E-state index contributed by atoms with van der Waals surface area (Å²) < 4.78 is 5.09. The van der Waals surface area contributed by atoms with E-state index in [1.807, 2.05) is 0 Å². The number of H-pyrrole nitrogens is 1. The molecule has 0 unspecified atom stereocenters. The third kappa shape index (κ3) is 4.84. The van der Waals surface area contributed by atoms with Crippen molar-refractivity contribution in [2.24, 2.45) is 0 Å². The SMILES string of the molecule is COc1ccc(NC(=O)CN(C)Cc2nc3cc(Cl)ccc3c(=O)[nH]2)cc1. The van der Waals surface area contributed by atoms with Crippen molar-refractivity contribution in [3.8, 4) is 5.75 Å². The van der Waals surface area contributed by atoms with Crippen molar-refractivity contribution in [3.63, 3.8) is 0 Å². The van der Waals surface area contributed by atoms with Gasteiger partial charge in [0, 0.05) is 10.7 Å². The third-order valence-electron chi connectivity index (χ3n) is 3.92. The zero-order valence-electron chi connectivity index (χ0n) is 15.0. The molecule has 3 rings (SSSR count). The van der Waals surface area contributed by atoms with Crippen molar-refractivity contribution in [1.82, 2.24) is 14.9 Å². The Morgan fingerprint density at radius 2 is 2.00 bits per heavy atom. The molecule has 0 fully saturated rings. The molecule has 140 valence electrons. The molecule has 27 heavy (non-hydrogen) atoms. The molecule has 0 atom stereocenters. The van der Waals surface area contributed by atoms with Crippen LogP contribution in [0.25, 0.3) is 10.9 Å². The molecule has 1 aromatic heterocycles. The lowest BCUT2D eigenvalue weighted by Gasteiger charge is -2.16. The molecule has 0 aliphatic carbocycles. The zero-order valence-corrected chi connectivity index (χ0v) is 15.7. The van der Waals surface area contributed by atoms with Gasteiger partial charge in [0.25, 0.3) is 5.56 Å². The van der Waals surface area contributed by atoms with Gasteiger partial charge >= 0.3 is 0 Å². The lowest BCUT2D eigenvalue weighted by atomic mass is 10.2. The van der Waals surface area contributed by atoms with Crippen molar-refractivity contribution >= 4 is 34.1 Å². The maximum Gasteiger partial charge on any atom is 0.258 e. The molecule has 0 aliphatic rings. The number of carbonyl (C=O) groups is 1. The van der Waals surface area contributed by atoms with Crippen molar-refractivity contribution in [2.45, 2.75) is 6.54 Å². The summed E-state index contributed by atoms with van der Waals surface area (Å²) in [5.41, 5.74) is 0.973. The number of halogens is 1. The molecule has 0 aliphatic heterocycles. The number of rotatable bonds is 6. The molecular formula is C19H19ClN4O3. The van der Waals surface area contributed by atoms with Gasteiger partial charge in [-0.15, -0.1) is 0 Å². The summed E-state index contributed by atoms with van der Waals surface area (Å²) in [7, 11) is 3.36. The normalized spacial score (nSPS) is 11.0. The second kappa shape index (κ2) is 8.20. The summed E-state index contributed by atoms with van der Waals surface area (Å²) in [6.07, 6.45) is 0. The topological polar surface area (TPSA) is 87.3 Å². The number of nitrogens with zero attached hydrogens (tertiary/aromatic N) is 2. The minimum absolute atomic E-state index is 0.142. The third-order valence-corrected chi connectivity index (χ3v) is 4.16. The molecule has 0 bridgehead atoms. The number of methoxy groups -OCH3 is 1. The Labute approximate surface area is 160 Å². The van der Waals surface area contributed by atoms with Gasteiger partial charge in [0.1, 0.15) is 11.6 Å². The molecule has 3 aromatic rings. The van der Waals surface area contributed by atoms with Crippen LogP contribution in [0.15, 0.2) is 47.3 Å². The van der Waals surface area contributed by atoms with E-state index in [9.17, 15) is 9.59 Å². The van der Waals surface area contributed by atoms with Crippen LogP contribution in [0.5, 0.6) is 5.75 Å². The zero-order chi connectivity index (χ0) is 19.4. The van der Waals surface area contributed by atoms with E-state index in [2.05, 4.69) is 15.3 Å². The number of benzene rings is 2. The fourth-order valence-electron chi connectivity index (χ4n) is 2.67. The summed E-state index contributed by atoms with van der Waals surface area (Å²) in [6, 6.07) is 12.0. The minimum atomic E-state index is -0.234. The fraction of sp³-hybridized carbons (Fsp3) is 0.211. The number of hydrogen-bond acceptors (Lipinski definition) is 5. The van der Waals surface area contributed by atoms with Crippen LogP contribution in [-0.2, 0) is 11.3 Å². The van der Waals surface area contributed by atoms with E-state index >= 15 is 0 Å². The van der Waals surface area contributed by atoms with Gasteiger partial charge < -0.3 is 15.0 Å². The summed E-state index contributed by atoms with van der Waals surface area (Å²) in [4.78, 5) is 33.3. The number of aromatic amines is 1. The maximum absolute atomic E-state index is 12.2. The summed E-state index contributed by atoms with van der Waals surface area (Å²) in [6.45, 7) is 0.455. The van der Waals surface area contributed by atoms with E-state index in [0.717, 1.165) is 5.75 Å². The Hall–Kier alpha value is -2.90. The number of carbonyl (C=O) groups excluding carboxylic acids is 1. The van der Waals surface area contributed by atoms with Gasteiger partial charge in [0.2, 0.25) is 5.91 Å². The summed E-state index contributed by atoms with van der Waals surface area (Å²) >= 11 is 5.97. The monoisotopic (exact) mass is 386 g/mol. The van der Waals surface area contributed by atoms with Crippen LogP contribution < -0.4 is 15.6 Å². The average Bonchev–Trinajstić information content (AvgIpc) is 2.61. The Morgan fingerprint density at radius 3 is 2.70 bits per heavy atom. The highest BCUT2D eigenvalue weighted by Gasteiger charge is 2.11. The van der Waals surface area contributed by atoms with Crippen LogP contribution in [0, 0.1) is 0 Å². The smallest absolute Gasteiger partial charge is 0.258 e. The van der Waals surface area contributed by atoms with E-state index < -0.39 is 0 Å². The molecule has 0 spiro atoms. The van der Waals surface area contributed by atoms with Gasteiger partial charge in [0.15, 0.2) is 0 Å². The predicted molar refractivity (Wildman–Crippen MR) is 105 cm³/mol. The molecular weight excluding hydrogens is 368 g/mol. The van der Waals surface area contributed by atoms with Gasteiger partial charge in [0.05, 0.1) is 31.1 Å². The summed E-state index contributed by atoms with van der Waals surface area (Å²) in [5.74, 6) is 1.01. The van der Waals surface area contributed by atoms with Crippen LogP contribution in [-0.4, -0.2) is 41.5 Å². The van der Waals surface area contributed by atoms with Crippen LogP contribution >= 0.6 is 11.6 Å². The van der Waals surface area contributed by atoms with Crippen molar-refractivity contribution in [3.05, 3.63) is 63.7 Å². The molecule has 8 heteroatoms. The minimum Gasteiger partial charge on any atom is -0.497 e. The first-order valence-electron chi connectivity index (χ1n) is 8.25. The first kappa shape index (κ1) is 18.9. The largest absolute Gasteiger partial charge is 0.497 e. The van der Waals surface area contributed by atoms with Gasteiger partial charge in [-0.1, -0.05) is 11.6 Å². The molecule has 1 heterocycles. The van der Waals surface area contributed by atoms with Gasteiger partial charge in [-0.2, -0.15) is 0 Å². The number of likely N-dealkylation sites (N-methyl/N-ethyl adjacent to an activating group) is 1. The second-order valence-corrected chi connectivity index (χ2v) is 6.56. The van der Waals surface area contributed by atoms with E-state index in [1.165, 1.54) is 0 Å². The molecule has 1 amide bonds. The standard InChI is InChI=1S/C19H19ClN4O3/c1-24(11-18(25)21-13-4-6-14(27-2)7-5-13)10-17-22-16-9-12(20)3-8-15(16)19(26)23-17/h3-9H,10-11H2,1-2H3,(H,21,25)(H,22,23,26). The number of ether oxygens (including phenoxy) is 1. The number of hydrogen-bond donors (Lipinski definition) is 2. The number of anilines is 1. The predicted octanol–water partition coefficient (Wildman–Crippen LogP) is 2.66. The molecule has 0 saturated carbocycles. The number of fused-ring (bicyclic) bond motifs is 1. The van der Waals surface area contributed by atoms with Crippen LogP contribution in [0.3, 0.4) is 0 Å². The fourth-order valence-corrected chi connectivity index (χ4v) is 2.83. The van der Waals surface area contributed by atoms with E-state index in [1.54, 1.807) is 61.5 Å². The number of amides is 1. The van der Waals surface area contributed by atoms with Gasteiger partial charge in [-0.25, -0.2) is 4.98 Å². The number of aromatic nitrogens is 2. The van der Waals surface area contributed by atoms with Crippen LogP contribution in [0.1, 0.15) is 5.82 Å². The molecule has 0 saturated heterocycles. The van der Waals surface area contributed by atoms with Gasteiger partial charge in [-0.3, -0.25) is 14.5 Å². The first-order valence-corrected chi connectivity index (χ1v) is 8.63. The highest BCUT2D eigenvalue weighted by molar-refractivity contribution is 6.31. The lowest BCUT2D eigenvalue weighted by Crippen LogP contribution is -2.31. The van der Waals surface area contributed by atoms with Gasteiger partial charge in [-0.05, 0) is 49.5 Å². The first-order chi connectivity index (χ1) is 12.9. The quantitative estimate of drug-likeness (QED) is 0.680. The van der Waals surface area contributed by atoms with Crippen LogP contribution in [0.2, 0.25) is 5.02 Å². The summed E-state index contributed by atoms with van der Waals surface area (Å²) in [5, 5.41) is 3.80. The van der Waals surface area contributed by atoms with Crippen molar-refractivity contribution < 1.29 is 9.53 Å². The van der Waals surface area contributed by atoms with E-state index in [0.29, 0.717) is 34.0 Å². The number of nitrogens with one attached hydrogen (secondary N) is 2. The highest BCUT2D eigenvalue weighted by atomic mass is 35.5. The lowest BCUT2D eigenvalue weighted by molar-refractivity contribution is -0.117. The Balaban J connectivity index is 1.64. The Bertz CT molecular complexity index is 1020. The average molecular weight is 387 g/mol. The van der Waals surface area contributed by atoms with Crippen LogP contribution in [0.4, 0.5) is 5.69 Å². The molecule has 7 nitrogen and oxygen atoms in total.